The second-order valence-corrected chi connectivity index (χ2v) is 5.04. The average Bonchev–Trinajstić information content (AvgIpc) is 2.57. The van der Waals surface area contributed by atoms with E-state index in [-0.39, 0.29) is 22.3 Å². The molecule has 0 fully saturated rings. The van der Waals surface area contributed by atoms with Gasteiger partial charge in [0, 0.05) is 5.56 Å². The Morgan fingerprint density at radius 3 is 2.54 bits per heavy atom. The Bertz CT molecular complexity index is 980. The van der Waals surface area contributed by atoms with Gasteiger partial charge in [0.25, 0.3) is 5.56 Å². The summed E-state index contributed by atoms with van der Waals surface area (Å²) in [6.45, 7) is 0. The highest BCUT2D eigenvalue weighted by atomic mass is 19.4. The zero-order valence-electron chi connectivity index (χ0n) is 12.5. The smallest absolute Gasteiger partial charge is 0.417 e. The van der Waals surface area contributed by atoms with Crippen molar-refractivity contribution in [3.63, 3.8) is 0 Å². The maximum atomic E-state index is 13.2. The van der Waals surface area contributed by atoms with Crippen LogP contribution in [-0.2, 0) is 6.18 Å². The molecular formula is C16H12F3N3O2. The third-order valence-corrected chi connectivity index (χ3v) is 3.58. The van der Waals surface area contributed by atoms with Crippen molar-refractivity contribution in [1.82, 2.24) is 9.66 Å². The quantitative estimate of drug-likeness (QED) is 0.731. The minimum Gasteiger partial charge on any atom is -0.497 e. The van der Waals surface area contributed by atoms with E-state index in [0.717, 1.165) is 6.07 Å². The van der Waals surface area contributed by atoms with Crippen molar-refractivity contribution >= 4 is 10.9 Å². The lowest BCUT2D eigenvalue weighted by Crippen LogP contribution is -2.30. The van der Waals surface area contributed by atoms with Crippen LogP contribution in [0, 0.1) is 0 Å². The van der Waals surface area contributed by atoms with Gasteiger partial charge >= 0.3 is 6.18 Å². The maximum Gasteiger partial charge on any atom is 0.417 e. The first-order valence-corrected chi connectivity index (χ1v) is 6.85. The van der Waals surface area contributed by atoms with E-state index < -0.39 is 17.3 Å². The highest BCUT2D eigenvalue weighted by Gasteiger charge is 2.34. The lowest BCUT2D eigenvalue weighted by Gasteiger charge is -2.15. The molecule has 2 aromatic carbocycles. The van der Waals surface area contributed by atoms with Crippen molar-refractivity contribution in [2.24, 2.45) is 0 Å². The Morgan fingerprint density at radius 2 is 1.88 bits per heavy atom. The molecule has 0 atom stereocenters. The number of hydrogen-bond acceptors (Lipinski definition) is 4. The molecule has 3 rings (SSSR count). The predicted octanol–water partition coefficient (Wildman–Crippen LogP) is 2.80. The number of ether oxygens (including phenoxy) is 1. The van der Waals surface area contributed by atoms with Crippen molar-refractivity contribution in [3.8, 4) is 17.1 Å². The molecule has 24 heavy (non-hydrogen) atoms. The van der Waals surface area contributed by atoms with Gasteiger partial charge in [0.15, 0.2) is 5.82 Å². The number of methoxy groups -OCH3 is 1. The summed E-state index contributed by atoms with van der Waals surface area (Å²) in [4.78, 5) is 16.6. The minimum atomic E-state index is -4.59. The van der Waals surface area contributed by atoms with Crippen LogP contribution in [0.15, 0.2) is 47.3 Å². The van der Waals surface area contributed by atoms with Gasteiger partial charge in [-0.05, 0) is 24.3 Å². The summed E-state index contributed by atoms with van der Waals surface area (Å²) in [5.41, 5.74) is -1.60. The Labute approximate surface area is 134 Å². The highest BCUT2D eigenvalue weighted by Crippen LogP contribution is 2.36. The fourth-order valence-corrected chi connectivity index (χ4v) is 2.42. The summed E-state index contributed by atoms with van der Waals surface area (Å²) < 4.78 is 45.3. The van der Waals surface area contributed by atoms with E-state index in [9.17, 15) is 18.0 Å². The van der Waals surface area contributed by atoms with Crippen LogP contribution in [0.5, 0.6) is 5.75 Å². The first kappa shape index (κ1) is 15.9. The fraction of sp³-hybridized carbons (Fsp3) is 0.125. The first-order valence-electron chi connectivity index (χ1n) is 6.85. The molecule has 0 bridgehead atoms. The Balaban J connectivity index is 2.33. The molecule has 0 spiro atoms. The summed E-state index contributed by atoms with van der Waals surface area (Å²) in [5, 5.41) is 0.157. The second-order valence-electron chi connectivity index (χ2n) is 5.04. The molecule has 0 amide bonds. The summed E-state index contributed by atoms with van der Waals surface area (Å²) >= 11 is 0. The van der Waals surface area contributed by atoms with Crippen LogP contribution in [-0.4, -0.2) is 16.8 Å². The van der Waals surface area contributed by atoms with E-state index in [1.54, 1.807) is 6.07 Å². The number of benzene rings is 2. The lowest BCUT2D eigenvalue weighted by molar-refractivity contribution is -0.137. The SMILES string of the molecule is COc1ccc2nc(-c3ccccc3C(F)(F)F)n(N)c(=O)c2c1. The summed E-state index contributed by atoms with van der Waals surface area (Å²) in [7, 11) is 1.43. The van der Waals surface area contributed by atoms with Crippen LogP contribution in [0.4, 0.5) is 13.2 Å². The topological polar surface area (TPSA) is 70.1 Å². The van der Waals surface area contributed by atoms with Gasteiger partial charge < -0.3 is 10.6 Å². The van der Waals surface area contributed by atoms with Gasteiger partial charge in [-0.1, -0.05) is 18.2 Å². The zero-order chi connectivity index (χ0) is 17.5. The Hall–Kier alpha value is -3.03. The number of halogens is 3. The summed E-state index contributed by atoms with van der Waals surface area (Å²) in [6, 6.07) is 9.33. The molecule has 1 heterocycles. The van der Waals surface area contributed by atoms with Gasteiger partial charge in [-0.3, -0.25) is 4.79 Å². The minimum absolute atomic E-state index is 0.157. The van der Waals surface area contributed by atoms with Crippen molar-refractivity contribution in [2.75, 3.05) is 13.0 Å². The zero-order valence-corrected chi connectivity index (χ0v) is 12.5. The Morgan fingerprint density at radius 1 is 1.17 bits per heavy atom. The number of hydrogen-bond donors (Lipinski definition) is 1. The number of aromatic nitrogens is 2. The summed E-state index contributed by atoms with van der Waals surface area (Å²) in [6.07, 6.45) is -4.59. The molecule has 0 unspecified atom stereocenters. The van der Waals surface area contributed by atoms with Crippen LogP contribution in [0.3, 0.4) is 0 Å². The van der Waals surface area contributed by atoms with E-state index in [4.69, 9.17) is 10.6 Å². The predicted molar refractivity (Wildman–Crippen MR) is 83.1 cm³/mol. The van der Waals surface area contributed by atoms with E-state index in [2.05, 4.69) is 4.98 Å². The standard InChI is InChI=1S/C16H12F3N3O2/c1-24-9-6-7-13-11(8-9)15(23)22(20)14(21-13)10-4-2-3-5-12(10)16(17,18)19/h2-8H,20H2,1H3. The first-order chi connectivity index (χ1) is 11.3. The molecule has 124 valence electrons. The van der Waals surface area contributed by atoms with Crippen molar-refractivity contribution in [1.29, 1.82) is 0 Å². The van der Waals surface area contributed by atoms with Crippen molar-refractivity contribution < 1.29 is 17.9 Å². The van der Waals surface area contributed by atoms with Crippen LogP contribution >= 0.6 is 0 Å². The lowest BCUT2D eigenvalue weighted by atomic mass is 10.1. The van der Waals surface area contributed by atoms with E-state index in [0.29, 0.717) is 10.4 Å². The number of nitrogens with zero attached hydrogens (tertiary/aromatic N) is 2. The maximum absolute atomic E-state index is 13.2. The molecule has 3 aromatic rings. The highest BCUT2D eigenvalue weighted by molar-refractivity contribution is 5.81. The van der Waals surface area contributed by atoms with Crippen LogP contribution in [0.2, 0.25) is 0 Å². The molecule has 8 heteroatoms. The largest absolute Gasteiger partial charge is 0.497 e. The molecule has 0 radical (unpaired) electrons. The van der Waals surface area contributed by atoms with Crippen LogP contribution in [0.25, 0.3) is 22.3 Å². The second kappa shape index (κ2) is 5.55. The molecule has 2 N–H and O–H groups in total. The van der Waals surface area contributed by atoms with Gasteiger partial charge in [0.2, 0.25) is 0 Å². The third-order valence-electron chi connectivity index (χ3n) is 3.58. The monoisotopic (exact) mass is 335 g/mol. The van der Waals surface area contributed by atoms with Gasteiger partial charge in [-0.15, -0.1) is 0 Å². The third kappa shape index (κ3) is 2.55. The van der Waals surface area contributed by atoms with Crippen molar-refractivity contribution in [2.45, 2.75) is 6.18 Å². The van der Waals surface area contributed by atoms with Crippen LogP contribution < -0.4 is 16.1 Å². The van der Waals surface area contributed by atoms with E-state index >= 15 is 0 Å². The number of nitrogen functional groups attached to an aromatic ring is 1. The van der Waals surface area contributed by atoms with Gasteiger partial charge in [0.1, 0.15) is 5.75 Å². The van der Waals surface area contributed by atoms with Crippen LogP contribution in [0.1, 0.15) is 5.56 Å². The van der Waals surface area contributed by atoms with Gasteiger partial charge in [-0.2, -0.15) is 13.2 Å². The normalized spacial score (nSPS) is 11.7. The molecule has 0 aliphatic carbocycles. The number of rotatable bonds is 2. The number of fused-ring (bicyclic) bond motifs is 1. The average molecular weight is 335 g/mol. The Kier molecular flexibility index (Phi) is 3.67. The molecule has 0 saturated carbocycles. The molecule has 0 aliphatic heterocycles. The molecular weight excluding hydrogens is 323 g/mol. The number of nitrogens with two attached hydrogens (primary N) is 1. The molecule has 1 aromatic heterocycles. The van der Waals surface area contributed by atoms with Crippen molar-refractivity contribution in [3.05, 3.63) is 58.4 Å². The number of alkyl halides is 3. The molecule has 0 saturated heterocycles. The van der Waals surface area contributed by atoms with E-state index in [1.165, 1.54) is 37.4 Å². The summed E-state index contributed by atoms with van der Waals surface area (Å²) in [5.74, 6) is 5.88. The molecule has 5 nitrogen and oxygen atoms in total. The van der Waals surface area contributed by atoms with Gasteiger partial charge in [0.05, 0.1) is 23.6 Å². The van der Waals surface area contributed by atoms with E-state index in [1.807, 2.05) is 0 Å². The van der Waals surface area contributed by atoms with Gasteiger partial charge in [-0.25, -0.2) is 9.66 Å². The molecule has 0 aliphatic rings. The fourth-order valence-electron chi connectivity index (χ4n) is 2.42.